The van der Waals surface area contributed by atoms with Gasteiger partial charge in [-0.25, -0.2) is 50.5 Å². The van der Waals surface area contributed by atoms with E-state index in [1.165, 1.54) is 49.4 Å². The van der Waals surface area contributed by atoms with Gasteiger partial charge in [0.15, 0.2) is 0 Å². The van der Waals surface area contributed by atoms with Gasteiger partial charge in [0.1, 0.15) is 51.6 Å². The molecule has 2 saturated carbocycles. The van der Waals surface area contributed by atoms with Crippen LogP contribution in [0, 0.1) is 32.6 Å². The number of nitrogens with one attached hydrogen (secondary N) is 1. The SMILES string of the molecule is C=CCN1CCC2(CC1)OCCN2S(=O)(=O)c1ccc(C)cc1.CCCCN1CCC2(CC1)OCCN2S(=O)(=O)c1ccc(OC)cc1.COc1ccc(S(=O)(=O)N2CCOC23CCN(C(C)C)CC3)cc1.Cc1ccc(S(=O)(=O)N2CCOC23CCN(CC2CC2)CC3)cc1.Cc1ccc(S(=O)(=O)N2CCOC23CCNCC3)cc1.O=S(=O)(c1ccc(OC(F)(F)F)cc1)N1CCOC12CCN(CC1CC1)CC2.O=S=O.O=S=O. The molecule has 12 heterocycles. The maximum Gasteiger partial charge on any atom is 0.573 e. The first-order valence-corrected chi connectivity index (χ1v) is 61.5. The molecule has 6 aromatic carbocycles. The average molecular weight is 2250 g/mol. The molecular formula is C102H147F3N12O25S8. The van der Waals surface area contributed by atoms with Crippen LogP contribution >= 0.6 is 0 Å². The number of piperidine rings is 6. The number of sulfonamides is 6. The molecule has 14 aliphatic rings. The number of unbranched alkanes of at least 4 members (excludes halogenated alkanes) is 1. The van der Waals surface area contributed by atoms with Crippen molar-refractivity contribution < 1.29 is 123 Å². The molecule has 12 aliphatic heterocycles. The number of likely N-dealkylation sites (tertiary alicyclic amines) is 5. The lowest BCUT2D eigenvalue weighted by Crippen LogP contribution is -2.55. The molecule has 37 nitrogen and oxygen atoms in total. The number of methoxy groups -OCH3 is 2. The van der Waals surface area contributed by atoms with E-state index in [2.05, 4.69) is 61.9 Å². The van der Waals surface area contributed by atoms with Crippen molar-refractivity contribution in [2.45, 2.75) is 233 Å². The Bertz CT molecular complexity index is 6170. The summed E-state index contributed by atoms with van der Waals surface area (Å²) in [6.07, 6.45) is 13.1. The van der Waals surface area contributed by atoms with Gasteiger partial charge >= 0.3 is 29.5 Å². The second kappa shape index (κ2) is 52.4. The summed E-state index contributed by atoms with van der Waals surface area (Å²) >= 11 is -1.50. The molecule has 20 rings (SSSR count). The summed E-state index contributed by atoms with van der Waals surface area (Å²) in [5.41, 5.74) is -1.02. The van der Waals surface area contributed by atoms with Crippen LogP contribution in [0.1, 0.15) is 153 Å². The minimum atomic E-state index is -4.82. The molecule has 150 heavy (non-hydrogen) atoms. The van der Waals surface area contributed by atoms with E-state index in [4.69, 9.17) is 54.7 Å². The molecule has 0 bridgehead atoms. The van der Waals surface area contributed by atoms with Gasteiger partial charge in [-0.2, -0.15) is 42.7 Å². The van der Waals surface area contributed by atoms with E-state index in [1.807, 2.05) is 63.2 Å². The first-order valence-electron chi connectivity index (χ1n) is 51.6. The van der Waals surface area contributed by atoms with Crippen LogP contribution in [-0.4, -0.2) is 362 Å². The molecule has 14 fully saturated rings. The van der Waals surface area contributed by atoms with E-state index in [-0.39, 0.29) is 11.4 Å². The highest BCUT2D eigenvalue weighted by Crippen LogP contribution is 2.47. The Kier molecular flexibility index (Phi) is 41.9. The highest BCUT2D eigenvalue weighted by Gasteiger charge is 2.58. The van der Waals surface area contributed by atoms with Crippen molar-refractivity contribution in [3.63, 3.8) is 0 Å². The van der Waals surface area contributed by atoms with Crippen LogP contribution in [0.5, 0.6) is 17.2 Å². The maximum absolute atomic E-state index is 13.2. The molecular weight excluding hydrogens is 2110 g/mol. The van der Waals surface area contributed by atoms with Gasteiger partial charge in [0, 0.05) is 207 Å². The van der Waals surface area contributed by atoms with Crippen LogP contribution in [0.3, 0.4) is 0 Å². The molecule has 48 heteroatoms. The molecule has 6 spiro atoms. The lowest BCUT2D eigenvalue weighted by atomic mass is 10.00. The van der Waals surface area contributed by atoms with E-state index < -0.39 is 130 Å². The normalized spacial score (nSPS) is 22.4. The van der Waals surface area contributed by atoms with Crippen LogP contribution in [0.25, 0.3) is 0 Å². The van der Waals surface area contributed by atoms with E-state index in [0.29, 0.717) is 166 Å². The van der Waals surface area contributed by atoms with Crippen LogP contribution in [0.2, 0.25) is 0 Å². The van der Waals surface area contributed by atoms with Gasteiger partial charge < -0.3 is 67.5 Å². The number of benzene rings is 6. The molecule has 0 radical (unpaired) electrons. The topological polar surface area (TPSA) is 404 Å². The van der Waals surface area contributed by atoms with Gasteiger partial charge in [-0.15, -0.1) is 19.8 Å². The molecule has 0 aromatic heterocycles. The number of halogens is 3. The number of rotatable bonds is 25. The molecule has 834 valence electrons. The van der Waals surface area contributed by atoms with Gasteiger partial charge in [0.05, 0.1) is 83.2 Å². The average Bonchev–Trinajstić information content (AvgIpc) is 1.56. The summed E-state index contributed by atoms with van der Waals surface area (Å²) in [6, 6.07) is 39.1. The highest BCUT2D eigenvalue weighted by molar-refractivity contribution is 7.90. The standard InChI is InChI=1S/C18H23F3N2O4S.C18H28N2O4S.C18H26N2O3S.C17H26N2O4S.C17H24N2O3S.C14H20N2O3S.2O2S/c19-18(20,21)27-15-3-5-16(6-4-15)28(24,25)23-11-12-26-17(23)7-9-22(10-8-17)13-14-1-2-14;1-3-4-11-19-12-9-18(10-13-19)20(14-15-24-18)25(21,22)17-7-5-16(23-2)6-8-17;1-15-2-6-17(7-3-15)24(21,22)20-12-13-23-18(20)8-10-19(11-9-18)14-16-4-5-16;1-14(2)18-10-8-17(9-11-18)19(12-13-23-17)24(20,21)16-6-4-15(22-3)5-7-16;1-3-10-18-11-8-17(9-12-18)19(13-14-22-17)23(20,21)16-6-4-15(2)5-7-16;1-12-2-4-13(5-3-12)20(17,18)16-10-11-19-14(16)6-8-15-9-7-14;2*1-3-2/h3-6,14H,1-2,7-13H2;5-8H,3-4,9-15H2,1-2H3;2-3,6-7,16H,4-5,8-14H2,1H3;4-7,14H,8-13H2,1-3H3;3-7H,1,8-14H2,2H3;2-5,15H,6-11H2,1H3;;. The zero-order valence-corrected chi connectivity index (χ0v) is 93.5. The van der Waals surface area contributed by atoms with E-state index >= 15 is 0 Å². The molecule has 2 aliphatic carbocycles. The molecule has 6 aromatic rings. The van der Waals surface area contributed by atoms with Crippen LogP contribution in [0.15, 0.2) is 188 Å². The van der Waals surface area contributed by atoms with Crippen molar-refractivity contribution in [1.29, 1.82) is 0 Å². The second-order valence-electron chi connectivity index (χ2n) is 40.3. The lowest BCUT2D eigenvalue weighted by Gasteiger charge is -2.44. The quantitative estimate of drug-likeness (QED) is 0.0520. The minimum absolute atomic E-state index is 0.0627. The second-order valence-corrected chi connectivity index (χ2v) is 51.8. The third-order valence-corrected chi connectivity index (χ3v) is 42.2. The van der Waals surface area contributed by atoms with Gasteiger partial charge in [0.25, 0.3) is 0 Å². The highest BCUT2D eigenvalue weighted by atomic mass is 32.2. The predicted octanol–water partition coefficient (Wildman–Crippen LogP) is 11.0. The Hall–Kier alpha value is -7.13. The van der Waals surface area contributed by atoms with Crippen molar-refractivity contribution in [2.75, 3.05) is 198 Å². The first-order chi connectivity index (χ1) is 71.4. The molecule has 1 N–H and O–H groups in total. The Morgan fingerprint density at radius 1 is 0.367 bits per heavy atom. The third-order valence-electron chi connectivity index (χ3n) is 30.4. The lowest BCUT2D eigenvalue weighted by molar-refractivity contribution is -0.274. The summed E-state index contributed by atoms with van der Waals surface area (Å²) in [5, 5.41) is 3.25. The van der Waals surface area contributed by atoms with Gasteiger partial charge in [0.2, 0.25) is 60.1 Å². The summed E-state index contributed by atoms with van der Waals surface area (Å²) in [5.74, 6) is 2.49. The fourth-order valence-corrected chi connectivity index (χ4v) is 32.0. The van der Waals surface area contributed by atoms with Crippen molar-refractivity contribution in [1.82, 2.24) is 55.6 Å². The first kappa shape index (κ1) is 120. The molecule has 0 atom stereocenters. The smallest absolute Gasteiger partial charge is 0.497 e. The monoisotopic (exact) mass is 2250 g/mol. The van der Waals surface area contributed by atoms with Crippen molar-refractivity contribution >= 4 is 83.3 Å². The van der Waals surface area contributed by atoms with Crippen LogP contribution < -0.4 is 19.5 Å². The number of aryl methyl sites for hydroxylation is 3. The zero-order valence-electron chi connectivity index (χ0n) is 86.9. The number of alkyl halides is 3. The molecule has 0 unspecified atom stereocenters. The fraction of sp³-hybridized carbons (Fsp3) is 0.627. The number of nitrogens with zero attached hydrogens (tertiary/aromatic N) is 11. The van der Waals surface area contributed by atoms with Gasteiger partial charge in [-0.1, -0.05) is 72.5 Å². The molecule has 12 saturated heterocycles. The van der Waals surface area contributed by atoms with Crippen molar-refractivity contribution in [3.8, 4) is 17.2 Å². The van der Waals surface area contributed by atoms with E-state index in [0.717, 1.165) is 177 Å². The van der Waals surface area contributed by atoms with Crippen LogP contribution in [0.4, 0.5) is 13.2 Å². The minimum Gasteiger partial charge on any atom is -0.497 e. The van der Waals surface area contributed by atoms with Crippen LogP contribution in [-0.2, 0) is 112 Å². The molecule has 0 amide bonds. The fourth-order valence-electron chi connectivity index (χ4n) is 21.6. The van der Waals surface area contributed by atoms with Gasteiger partial charge in [-0.05, 0) is 207 Å². The number of ether oxygens (including phenoxy) is 9. The third kappa shape index (κ3) is 29.3. The summed E-state index contributed by atoms with van der Waals surface area (Å²) in [4.78, 5) is 13.5. The Balaban J connectivity index is 0.000000149. The number of hydrogen-bond donors (Lipinski definition) is 1. The zero-order chi connectivity index (χ0) is 108. The maximum atomic E-state index is 13.2. The Morgan fingerprint density at radius 2 is 0.600 bits per heavy atom. The summed E-state index contributed by atoms with van der Waals surface area (Å²) < 4.78 is 286. The Morgan fingerprint density at radius 3 is 0.833 bits per heavy atom. The van der Waals surface area contributed by atoms with E-state index in [9.17, 15) is 63.7 Å². The Labute approximate surface area is 890 Å². The largest absolute Gasteiger partial charge is 0.573 e. The predicted molar refractivity (Wildman–Crippen MR) is 557 cm³/mol. The van der Waals surface area contributed by atoms with Gasteiger partial charge in [-0.3, -0.25) is 4.90 Å². The summed E-state index contributed by atoms with van der Waals surface area (Å²) in [6.45, 7) is 35.5. The van der Waals surface area contributed by atoms with E-state index in [1.54, 1.807) is 121 Å². The van der Waals surface area contributed by atoms with Crippen molar-refractivity contribution in [2.24, 2.45) is 11.8 Å². The number of hydrogen-bond acceptors (Lipinski definition) is 31. The summed E-state index contributed by atoms with van der Waals surface area (Å²) in [7, 11) is -18.4. The van der Waals surface area contributed by atoms with Crippen molar-refractivity contribution in [3.05, 3.63) is 175 Å².